The van der Waals surface area contributed by atoms with Gasteiger partial charge in [-0.1, -0.05) is 18.2 Å². The highest BCUT2D eigenvalue weighted by Crippen LogP contribution is 2.34. The SMILES string of the molecule is COc1cc2ncc3ncn(Cc4ccc5c(c4)COB5O)c3c2cc1OC. The number of imidazole rings is 1. The molecule has 5 rings (SSSR count). The smallest absolute Gasteiger partial charge is 0.491 e. The van der Waals surface area contributed by atoms with E-state index in [1.54, 1.807) is 20.4 Å². The van der Waals surface area contributed by atoms with E-state index in [0.717, 1.165) is 38.5 Å². The van der Waals surface area contributed by atoms with Crippen molar-refractivity contribution in [2.45, 2.75) is 13.2 Å². The number of fused-ring (bicyclic) bond motifs is 4. The Kier molecular flexibility index (Phi) is 3.96. The summed E-state index contributed by atoms with van der Waals surface area (Å²) in [6.45, 7) is 1.08. The van der Waals surface area contributed by atoms with Crippen molar-refractivity contribution in [3.63, 3.8) is 0 Å². The summed E-state index contributed by atoms with van der Waals surface area (Å²) in [6.07, 6.45) is 3.59. The first-order valence-electron chi connectivity index (χ1n) is 8.95. The average molecular weight is 375 g/mol. The van der Waals surface area contributed by atoms with E-state index >= 15 is 0 Å². The van der Waals surface area contributed by atoms with Gasteiger partial charge < -0.3 is 23.7 Å². The summed E-state index contributed by atoms with van der Waals surface area (Å²) in [4.78, 5) is 9.02. The van der Waals surface area contributed by atoms with Crippen LogP contribution in [0.15, 0.2) is 42.9 Å². The van der Waals surface area contributed by atoms with Crippen molar-refractivity contribution in [1.82, 2.24) is 14.5 Å². The van der Waals surface area contributed by atoms with Gasteiger partial charge in [0, 0.05) is 18.0 Å². The first-order chi connectivity index (χ1) is 13.7. The van der Waals surface area contributed by atoms with Crippen molar-refractivity contribution in [3.05, 3.63) is 54.0 Å². The van der Waals surface area contributed by atoms with Crippen LogP contribution in [-0.4, -0.2) is 40.9 Å². The van der Waals surface area contributed by atoms with Gasteiger partial charge in [0.05, 0.1) is 44.4 Å². The van der Waals surface area contributed by atoms with E-state index in [1.165, 1.54) is 0 Å². The molecule has 2 aromatic heterocycles. The van der Waals surface area contributed by atoms with Gasteiger partial charge in [-0.25, -0.2) is 4.98 Å². The van der Waals surface area contributed by atoms with E-state index < -0.39 is 7.12 Å². The van der Waals surface area contributed by atoms with Crippen LogP contribution in [0.3, 0.4) is 0 Å². The summed E-state index contributed by atoms with van der Waals surface area (Å²) in [5, 5.41) is 10.8. The van der Waals surface area contributed by atoms with Gasteiger partial charge in [0.2, 0.25) is 0 Å². The molecule has 0 saturated heterocycles. The molecule has 0 unspecified atom stereocenters. The number of hydrogen-bond donors (Lipinski definition) is 1. The van der Waals surface area contributed by atoms with Crippen molar-refractivity contribution in [3.8, 4) is 11.5 Å². The molecule has 2 aromatic carbocycles. The largest absolute Gasteiger partial charge is 0.493 e. The molecule has 0 bridgehead atoms. The molecule has 0 amide bonds. The van der Waals surface area contributed by atoms with Crippen molar-refractivity contribution < 1.29 is 19.2 Å². The van der Waals surface area contributed by atoms with E-state index in [4.69, 9.17) is 14.1 Å². The Morgan fingerprint density at radius 2 is 1.93 bits per heavy atom. The van der Waals surface area contributed by atoms with E-state index in [2.05, 4.69) is 20.6 Å². The fraction of sp³-hybridized carbons (Fsp3) is 0.200. The van der Waals surface area contributed by atoms with Gasteiger partial charge in [-0.2, -0.15) is 0 Å². The monoisotopic (exact) mass is 375 g/mol. The van der Waals surface area contributed by atoms with Crippen LogP contribution in [0, 0.1) is 0 Å². The first-order valence-corrected chi connectivity index (χ1v) is 8.95. The molecule has 1 N–H and O–H groups in total. The molecule has 0 atom stereocenters. The second-order valence-electron chi connectivity index (χ2n) is 6.79. The molecule has 0 radical (unpaired) electrons. The van der Waals surface area contributed by atoms with Crippen LogP contribution in [0.4, 0.5) is 0 Å². The number of aromatic nitrogens is 3. The Morgan fingerprint density at radius 3 is 2.75 bits per heavy atom. The fourth-order valence-corrected chi connectivity index (χ4v) is 3.78. The number of ether oxygens (including phenoxy) is 2. The van der Waals surface area contributed by atoms with Crippen LogP contribution in [0.5, 0.6) is 11.5 Å². The van der Waals surface area contributed by atoms with Crippen LogP contribution < -0.4 is 14.9 Å². The number of rotatable bonds is 4. The number of methoxy groups -OCH3 is 2. The highest BCUT2D eigenvalue weighted by Gasteiger charge is 2.27. The summed E-state index contributed by atoms with van der Waals surface area (Å²) in [5.41, 5.74) is 5.60. The highest BCUT2D eigenvalue weighted by atomic mass is 16.5. The predicted octanol–water partition coefficient (Wildman–Crippen LogP) is 1.87. The Morgan fingerprint density at radius 1 is 1.11 bits per heavy atom. The first kappa shape index (κ1) is 17.0. The zero-order chi connectivity index (χ0) is 19.3. The van der Waals surface area contributed by atoms with Gasteiger partial charge in [0.15, 0.2) is 11.5 Å². The maximum absolute atomic E-state index is 9.81. The molecule has 0 fully saturated rings. The predicted molar refractivity (Wildman–Crippen MR) is 106 cm³/mol. The lowest BCUT2D eigenvalue weighted by molar-refractivity contribution is 0.275. The maximum Gasteiger partial charge on any atom is 0.491 e. The second-order valence-corrected chi connectivity index (χ2v) is 6.79. The van der Waals surface area contributed by atoms with Crippen molar-refractivity contribution in [1.29, 1.82) is 0 Å². The number of benzene rings is 2. The number of pyridine rings is 1. The summed E-state index contributed by atoms with van der Waals surface area (Å²) in [5.74, 6) is 1.30. The Bertz CT molecular complexity index is 1210. The molecule has 0 saturated carbocycles. The van der Waals surface area contributed by atoms with Gasteiger partial charge in [-0.05, 0) is 22.7 Å². The van der Waals surface area contributed by atoms with Crippen LogP contribution in [0.2, 0.25) is 0 Å². The summed E-state index contributed by atoms with van der Waals surface area (Å²) >= 11 is 0. The van der Waals surface area contributed by atoms with E-state index in [1.807, 2.05) is 30.6 Å². The van der Waals surface area contributed by atoms with Gasteiger partial charge in [0.1, 0.15) is 5.52 Å². The zero-order valence-electron chi connectivity index (χ0n) is 15.5. The molecule has 0 aliphatic carbocycles. The van der Waals surface area contributed by atoms with Gasteiger partial charge in [-0.15, -0.1) is 0 Å². The summed E-state index contributed by atoms with van der Waals surface area (Å²) in [7, 11) is 2.41. The van der Waals surface area contributed by atoms with Gasteiger partial charge in [0.25, 0.3) is 0 Å². The lowest BCUT2D eigenvalue weighted by Gasteiger charge is -2.11. The van der Waals surface area contributed by atoms with Crippen molar-refractivity contribution in [2.24, 2.45) is 0 Å². The Labute approximate surface area is 161 Å². The molecule has 3 heterocycles. The average Bonchev–Trinajstić information content (AvgIpc) is 3.30. The van der Waals surface area contributed by atoms with Crippen molar-refractivity contribution in [2.75, 3.05) is 14.2 Å². The lowest BCUT2D eigenvalue weighted by Crippen LogP contribution is -2.27. The fourth-order valence-electron chi connectivity index (χ4n) is 3.78. The number of hydrogen-bond acceptors (Lipinski definition) is 6. The van der Waals surface area contributed by atoms with Crippen molar-refractivity contribution >= 4 is 34.5 Å². The maximum atomic E-state index is 9.81. The quantitative estimate of drug-likeness (QED) is 0.549. The summed E-state index contributed by atoms with van der Waals surface area (Å²) < 4.78 is 18.3. The minimum absolute atomic E-state index is 0.429. The Balaban J connectivity index is 1.63. The molecule has 140 valence electrons. The molecule has 8 heteroatoms. The minimum atomic E-state index is -0.824. The normalized spacial score (nSPS) is 13.3. The van der Waals surface area contributed by atoms with Crippen LogP contribution in [-0.2, 0) is 17.8 Å². The molecule has 4 aromatic rings. The minimum Gasteiger partial charge on any atom is -0.493 e. The molecular formula is C20H18BN3O4. The highest BCUT2D eigenvalue weighted by molar-refractivity contribution is 6.61. The molecular weight excluding hydrogens is 357 g/mol. The third-order valence-corrected chi connectivity index (χ3v) is 5.17. The zero-order valence-corrected chi connectivity index (χ0v) is 15.5. The standard InChI is InChI=1S/C20H18BN3O4/c1-26-18-6-14-16(7-19(18)27-2)22-8-17-20(14)24(11-23-17)9-12-3-4-15-13(5-12)10-28-21(15)25/h3-8,11,25H,9-10H2,1-2H3. The third kappa shape index (κ3) is 2.61. The van der Waals surface area contributed by atoms with Gasteiger partial charge in [-0.3, -0.25) is 4.98 Å². The topological polar surface area (TPSA) is 78.6 Å². The molecule has 1 aliphatic rings. The van der Waals surface area contributed by atoms with Crippen LogP contribution >= 0.6 is 0 Å². The van der Waals surface area contributed by atoms with Gasteiger partial charge >= 0.3 is 7.12 Å². The van der Waals surface area contributed by atoms with E-state index in [0.29, 0.717) is 24.7 Å². The summed E-state index contributed by atoms with van der Waals surface area (Å²) in [6, 6.07) is 9.82. The van der Waals surface area contributed by atoms with Crippen LogP contribution in [0.1, 0.15) is 11.1 Å². The Hall–Kier alpha value is -3.10. The third-order valence-electron chi connectivity index (χ3n) is 5.17. The van der Waals surface area contributed by atoms with E-state index in [-0.39, 0.29) is 0 Å². The molecule has 28 heavy (non-hydrogen) atoms. The van der Waals surface area contributed by atoms with Crippen LogP contribution in [0.25, 0.3) is 21.9 Å². The second kappa shape index (κ2) is 6.51. The lowest BCUT2D eigenvalue weighted by atomic mass is 9.79. The molecule has 1 aliphatic heterocycles. The molecule has 7 nitrogen and oxygen atoms in total. The van der Waals surface area contributed by atoms with E-state index in [9.17, 15) is 5.02 Å². The molecule has 0 spiro atoms. The number of nitrogens with zero attached hydrogens (tertiary/aromatic N) is 3.